The first-order valence-electron chi connectivity index (χ1n) is 6.92. The van der Waals surface area contributed by atoms with E-state index in [-0.39, 0.29) is 6.61 Å². The Balaban J connectivity index is 2.10. The molecule has 0 spiro atoms. The summed E-state index contributed by atoms with van der Waals surface area (Å²) >= 11 is 0. The third kappa shape index (κ3) is 3.24. The van der Waals surface area contributed by atoms with Crippen molar-refractivity contribution in [3.05, 3.63) is 23.6 Å². The van der Waals surface area contributed by atoms with E-state index in [0.717, 1.165) is 31.7 Å². The van der Waals surface area contributed by atoms with Crippen molar-refractivity contribution in [2.75, 3.05) is 18.0 Å². The SMILES string of the molecule is CC(C)(C)C1CCN(c2ncc(F)cc2CO)CC1. The molecule has 3 nitrogen and oxygen atoms in total. The molecule has 0 unspecified atom stereocenters. The zero-order valence-electron chi connectivity index (χ0n) is 12.0. The minimum Gasteiger partial charge on any atom is -0.392 e. The quantitative estimate of drug-likeness (QED) is 0.894. The van der Waals surface area contributed by atoms with Crippen LogP contribution in [0.2, 0.25) is 0 Å². The summed E-state index contributed by atoms with van der Waals surface area (Å²) < 4.78 is 13.1. The predicted octanol–water partition coefficient (Wildman–Crippen LogP) is 2.98. The van der Waals surface area contributed by atoms with Crippen LogP contribution in [0.4, 0.5) is 10.2 Å². The van der Waals surface area contributed by atoms with Crippen LogP contribution < -0.4 is 4.90 Å². The maximum atomic E-state index is 13.1. The number of aliphatic hydroxyl groups excluding tert-OH is 1. The van der Waals surface area contributed by atoms with Gasteiger partial charge in [-0.1, -0.05) is 20.8 Å². The Hall–Kier alpha value is -1.16. The molecule has 2 rings (SSSR count). The molecule has 0 amide bonds. The van der Waals surface area contributed by atoms with Crippen LogP contribution in [-0.4, -0.2) is 23.2 Å². The minimum atomic E-state index is -0.391. The molecule has 0 aromatic carbocycles. The Morgan fingerprint density at radius 3 is 2.53 bits per heavy atom. The fourth-order valence-corrected chi connectivity index (χ4v) is 2.83. The molecule has 1 aromatic rings. The van der Waals surface area contributed by atoms with E-state index in [1.54, 1.807) is 0 Å². The Labute approximate surface area is 114 Å². The minimum absolute atomic E-state index is 0.167. The van der Waals surface area contributed by atoms with Gasteiger partial charge in [0.15, 0.2) is 0 Å². The van der Waals surface area contributed by atoms with E-state index < -0.39 is 5.82 Å². The highest BCUT2D eigenvalue weighted by Gasteiger charge is 2.29. The van der Waals surface area contributed by atoms with Gasteiger partial charge < -0.3 is 10.0 Å². The summed E-state index contributed by atoms with van der Waals surface area (Å²) in [5.74, 6) is 1.05. The van der Waals surface area contributed by atoms with Crippen LogP contribution in [-0.2, 0) is 6.61 Å². The maximum Gasteiger partial charge on any atom is 0.142 e. The molecule has 19 heavy (non-hydrogen) atoms. The van der Waals surface area contributed by atoms with Crippen LogP contribution in [0.15, 0.2) is 12.3 Å². The molecule has 1 N–H and O–H groups in total. The van der Waals surface area contributed by atoms with E-state index in [2.05, 4.69) is 30.7 Å². The molecule has 1 saturated heterocycles. The van der Waals surface area contributed by atoms with Gasteiger partial charge in [0, 0.05) is 18.7 Å². The zero-order chi connectivity index (χ0) is 14.0. The molecule has 106 valence electrons. The topological polar surface area (TPSA) is 36.4 Å². The summed E-state index contributed by atoms with van der Waals surface area (Å²) in [4.78, 5) is 6.31. The normalized spacial score (nSPS) is 17.8. The van der Waals surface area contributed by atoms with E-state index in [4.69, 9.17) is 0 Å². The molecule has 0 radical (unpaired) electrons. The van der Waals surface area contributed by atoms with Gasteiger partial charge in [-0.25, -0.2) is 9.37 Å². The molecule has 0 aliphatic carbocycles. The van der Waals surface area contributed by atoms with Crippen molar-refractivity contribution in [1.82, 2.24) is 4.98 Å². The Kier molecular flexibility index (Phi) is 4.09. The molecule has 0 saturated carbocycles. The van der Waals surface area contributed by atoms with Crippen molar-refractivity contribution >= 4 is 5.82 Å². The van der Waals surface area contributed by atoms with Gasteiger partial charge in [-0.05, 0) is 30.2 Å². The highest BCUT2D eigenvalue weighted by molar-refractivity contribution is 5.47. The van der Waals surface area contributed by atoms with Gasteiger partial charge in [-0.3, -0.25) is 0 Å². The Bertz CT molecular complexity index is 434. The molecule has 1 aliphatic heterocycles. The average Bonchev–Trinajstić information content (AvgIpc) is 2.37. The number of nitrogens with zero attached hydrogens (tertiary/aromatic N) is 2. The lowest BCUT2D eigenvalue weighted by Crippen LogP contribution is -2.38. The summed E-state index contributed by atoms with van der Waals surface area (Å²) in [6, 6.07) is 1.37. The fourth-order valence-electron chi connectivity index (χ4n) is 2.83. The van der Waals surface area contributed by atoms with Crippen LogP contribution in [0.1, 0.15) is 39.2 Å². The molecule has 0 atom stereocenters. The Morgan fingerprint density at radius 2 is 2.00 bits per heavy atom. The average molecular weight is 266 g/mol. The number of anilines is 1. The second-order valence-electron chi connectivity index (χ2n) is 6.42. The number of rotatable bonds is 2. The van der Waals surface area contributed by atoms with E-state index in [9.17, 15) is 9.50 Å². The van der Waals surface area contributed by atoms with Crippen LogP contribution in [0.5, 0.6) is 0 Å². The van der Waals surface area contributed by atoms with Gasteiger partial charge in [-0.15, -0.1) is 0 Å². The number of aromatic nitrogens is 1. The van der Waals surface area contributed by atoms with Crippen LogP contribution >= 0.6 is 0 Å². The highest BCUT2D eigenvalue weighted by atomic mass is 19.1. The van der Waals surface area contributed by atoms with E-state index in [1.807, 2.05) is 0 Å². The zero-order valence-corrected chi connectivity index (χ0v) is 12.0. The van der Waals surface area contributed by atoms with Crippen molar-refractivity contribution < 1.29 is 9.50 Å². The molecule has 4 heteroatoms. The monoisotopic (exact) mass is 266 g/mol. The summed E-state index contributed by atoms with van der Waals surface area (Å²) in [7, 11) is 0. The van der Waals surface area contributed by atoms with E-state index in [0.29, 0.717) is 16.9 Å². The first-order chi connectivity index (χ1) is 8.91. The molecule has 1 aromatic heterocycles. The van der Waals surface area contributed by atoms with Gasteiger partial charge in [0.1, 0.15) is 11.6 Å². The summed E-state index contributed by atoms with van der Waals surface area (Å²) in [6.45, 7) is 8.52. The number of aliphatic hydroxyl groups is 1. The van der Waals surface area contributed by atoms with Crippen LogP contribution in [0, 0.1) is 17.2 Å². The lowest BCUT2D eigenvalue weighted by atomic mass is 9.75. The van der Waals surface area contributed by atoms with Crippen molar-refractivity contribution in [1.29, 1.82) is 0 Å². The van der Waals surface area contributed by atoms with Gasteiger partial charge in [-0.2, -0.15) is 0 Å². The van der Waals surface area contributed by atoms with Crippen molar-refractivity contribution in [3.63, 3.8) is 0 Å². The predicted molar refractivity (Wildman–Crippen MR) is 74.5 cm³/mol. The third-order valence-corrected chi connectivity index (χ3v) is 4.10. The second kappa shape index (κ2) is 5.45. The molecule has 1 aliphatic rings. The third-order valence-electron chi connectivity index (χ3n) is 4.10. The number of piperidine rings is 1. The lowest BCUT2D eigenvalue weighted by molar-refractivity contribution is 0.198. The fraction of sp³-hybridized carbons (Fsp3) is 0.667. The second-order valence-corrected chi connectivity index (χ2v) is 6.42. The molecule has 1 fully saturated rings. The van der Waals surface area contributed by atoms with Crippen LogP contribution in [0.3, 0.4) is 0 Å². The van der Waals surface area contributed by atoms with Crippen molar-refractivity contribution in [3.8, 4) is 0 Å². The maximum absolute atomic E-state index is 13.1. The van der Waals surface area contributed by atoms with Crippen molar-refractivity contribution in [2.45, 2.75) is 40.2 Å². The van der Waals surface area contributed by atoms with E-state index in [1.165, 1.54) is 12.3 Å². The number of halogens is 1. The first-order valence-corrected chi connectivity index (χ1v) is 6.92. The standard InChI is InChI=1S/C15H23FN2O/c1-15(2,3)12-4-6-18(7-5-12)14-11(10-19)8-13(16)9-17-14/h8-9,12,19H,4-7,10H2,1-3H3. The summed E-state index contributed by atoms with van der Waals surface area (Å²) in [5.41, 5.74) is 0.913. The summed E-state index contributed by atoms with van der Waals surface area (Å²) in [5, 5.41) is 9.32. The Morgan fingerprint density at radius 1 is 1.37 bits per heavy atom. The lowest BCUT2D eigenvalue weighted by Gasteiger charge is -2.39. The van der Waals surface area contributed by atoms with Gasteiger partial charge >= 0.3 is 0 Å². The molecular weight excluding hydrogens is 243 g/mol. The molecular formula is C15H23FN2O. The van der Waals surface area contributed by atoms with Gasteiger partial charge in [0.2, 0.25) is 0 Å². The van der Waals surface area contributed by atoms with Gasteiger partial charge in [0.25, 0.3) is 0 Å². The van der Waals surface area contributed by atoms with Crippen LogP contribution in [0.25, 0.3) is 0 Å². The van der Waals surface area contributed by atoms with Crippen molar-refractivity contribution in [2.24, 2.45) is 11.3 Å². The number of pyridine rings is 1. The largest absolute Gasteiger partial charge is 0.392 e. The number of hydrogen-bond donors (Lipinski definition) is 1. The van der Waals surface area contributed by atoms with Gasteiger partial charge in [0.05, 0.1) is 12.8 Å². The summed E-state index contributed by atoms with van der Waals surface area (Å²) in [6.07, 6.45) is 3.46. The molecule has 0 bridgehead atoms. The first kappa shape index (κ1) is 14.3. The highest BCUT2D eigenvalue weighted by Crippen LogP contribution is 2.35. The molecule has 2 heterocycles. The van der Waals surface area contributed by atoms with E-state index >= 15 is 0 Å². The smallest absolute Gasteiger partial charge is 0.142 e. The number of hydrogen-bond acceptors (Lipinski definition) is 3.